The van der Waals surface area contributed by atoms with E-state index in [1.54, 1.807) is 11.8 Å². The van der Waals surface area contributed by atoms with Crippen molar-refractivity contribution in [2.24, 2.45) is 5.41 Å². The van der Waals surface area contributed by atoms with E-state index in [-0.39, 0.29) is 11.3 Å². The zero-order chi connectivity index (χ0) is 12.1. The molecule has 0 rings (SSSR count). The van der Waals surface area contributed by atoms with Gasteiger partial charge in [-0.1, -0.05) is 20.8 Å². The molecular formula is C12H25NOS. The molecule has 0 aromatic heterocycles. The molecule has 0 aromatic carbocycles. The Kier molecular flexibility index (Phi) is 5.89. The Morgan fingerprint density at radius 2 is 1.73 bits per heavy atom. The standard InChI is InChI=1S/C12H25NOS/c1-11(2,3)7-8-13-12(4,5)10(14)9-15-6/h13H,7-9H2,1-6H3. The minimum atomic E-state index is -0.381. The summed E-state index contributed by atoms with van der Waals surface area (Å²) in [4.78, 5) is 11.7. The molecule has 3 heteroatoms. The number of nitrogens with one attached hydrogen (secondary N) is 1. The molecule has 1 N–H and O–H groups in total. The third-order valence-electron chi connectivity index (χ3n) is 2.41. The van der Waals surface area contributed by atoms with Crippen LogP contribution in [0.5, 0.6) is 0 Å². The third kappa shape index (κ3) is 6.96. The topological polar surface area (TPSA) is 29.1 Å². The van der Waals surface area contributed by atoms with Gasteiger partial charge in [-0.2, -0.15) is 11.8 Å². The van der Waals surface area contributed by atoms with Crippen molar-refractivity contribution in [1.29, 1.82) is 0 Å². The predicted octanol–water partition coefficient (Wildman–Crippen LogP) is 2.72. The fourth-order valence-electron chi connectivity index (χ4n) is 1.16. The highest BCUT2D eigenvalue weighted by atomic mass is 32.2. The van der Waals surface area contributed by atoms with Crippen LogP contribution in [0, 0.1) is 5.41 Å². The van der Waals surface area contributed by atoms with E-state index < -0.39 is 0 Å². The zero-order valence-electron chi connectivity index (χ0n) is 10.9. The van der Waals surface area contributed by atoms with Gasteiger partial charge >= 0.3 is 0 Å². The lowest BCUT2D eigenvalue weighted by Crippen LogP contribution is -2.48. The van der Waals surface area contributed by atoms with Gasteiger partial charge in [0.25, 0.3) is 0 Å². The van der Waals surface area contributed by atoms with Crippen molar-refractivity contribution in [3.63, 3.8) is 0 Å². The first-order chi connectivity index (χ1) is 6.69. The summed E-state index contributed by atoms with van der Waals surface area (Å²) in [6, 6.07) is 0. The lowest BCUT2D eigenvalue weighted by molar-refractivity contribution is -0.121. The van der Waals surface area contributed by atoms with Gasteiger partial charge in [-0.15, -0.1) is 0 Å². The predicted molar refractivity (Wildman–Crippen MR) is 69.5 cm³/mol. The number of thioether (sulfide) groups is 1. The highest BCUT2D eigenvalue weighted by Gasteiger charge is 2.26. The maximum absolute atomic E-state index is 11.7. The van der Waals surface area contributed by atoms with Crippen molar-refractivity contribution in [1.82, 2.24) is 5.32 Å². The molecule has 0 saturated carbocycles. The van der Waals surface area contributed by atoms with Gasteiger partial charge in [-0.05, 0) is 38.5 Å². The number of hydrogen-bond acceptors (Lipinski definition) is 3. The summed E-state index contributed by atoms with van der Waals surface area (Å²) in [5, 5.41) is 3.34. The Morgan fingerprint density at radius 1 is 1.20 bits per heavy atom. The van der Waals surface area contributed by atoms with Gasteiger partial charge in [-0.25, -0.2) is 0 Å². The van der Waals surface area contributed by atoms with Crippen LogP contribution in [0.3, 0.4) is 0 Å². The molecule has 0 aromatic rings. The lowest BCUT2D eigenvalue weighted by Gasteiger charge is -2.27. The average molecular weight is 231 g/mol. The quantitative estimate of drug-likeness (QED) is 0.762. The highest BCUT2D eigenvalue weighted by molar-refractivity contribution is 7.99. The molecule has 0 aliphatic rings. The zero-order valence-corrected chi connectivity index (χ0v) is 11.8. The molecule has 15 heavy (non-hydrogen) atoms. The van der Waals surface area contributed by atoms with Crippen LogP contribution in [0.15, 0.2) is 0 Å². The van der Waals surface area contributed by atoms with Crippen molar-refractivity contribution in [2.75, 3.05) is 18.6 Å². The Hall–Kier alpha value is -0.0200. The van der Waals surface area contributed by atoms with Crippen LogP contribution in [0.2, 0.25) is 0 Å². The molecule has 0 saturated heterocycles. The maximum Gasteiger partial charge on any atom is 0.162 e. The summed E-state index contributed by atoms with van der Waals surface area (Å²) in [5.74, 6) is 0.874. The first kappa shape index (κ1) is 15.0. The highest BCUT2D eigenvalue weighted by Crippen LogP contribution is 2.18. The number of ketones is 1. The summed E-state index contributed by atoms with van der Waals surface area (Å²) in [6.45, 7) is 11.5. The van der Waals surface area contributed by atoms with Crippen molar-refractivity contribution < 1.29 is 4.79 Å². The van der Waals surface area contributed by atoms with Crippen LogP contribution in [0.25, 0.3) is 0 Å². The van der Waals surface area contributed by atoms with Crippen molar-refractivity contribution in [3.8, 4) is 0 Å². The smallest absolute Gasteiger partial charge is 0.162 e. The molecule has 90 valence electrons. The van der Waals surface area contributed by atoms with Crippen LogP contribution in [0.4, 0.5) is 0 Å². The lowest BCUT2D eigenvalue weighted by atomic mass is 9.91. The van der Waals surface area contributed by atoms with Crippen molar-refractivity contribution >= 4 is 17.5 Å². The van der Waals surface area contributed by atoms with E-state index in [9.17, 15) is 4.79 Å². The van der Waals surface area contributed by atoms with Gasteiger partial charge in [0, 0.05) is 0 Å². The molecule has 0 aliphatic carbocycles. The normalized spacial score (nSPS) is 12.9. The maximum atomic E-state index is 11.7. The second-order valence-electron chi connectivity index (χ2n) is 5.72. The Balaban J connectivity index is 3.99. The molecule has 0 bridgehead atoms. The summed E-state index contributed by atoms with van der Waals surface area (Å²) in [6.07, 6.45) is 3.05. The second-order valence-corrected chi connectivity index (χ2v) is 6.58. The fraction of sp³-hybridized carbons (Fsp3) is 0.917. The van der Waals surface area contributed by atoms with Gasteiger partial charge in [0.15, 0.2) is 5.78 Å². The molecule has 0 radical (unpaired) electrons. The van der Waals surface area contributed by atoms with Gasteiger partial charge in [-0.3, -0.25) is 4.79 Å². The first-order valence-electron chi connectivity index (χ1n) is 5.46. The summed E-state index contributed by atoms with van der Waals surface area (Å²) >= 11 is 1.59. The van der Waals surface area contributed by atoms with E-state index in [4.69, 9.17) is 0 Å². The number of rotatable bonds is 6. The summed E-state index contributed by atoms with van der Waals surface area (Å²) in [5.41, 5.74) is -0.0557. The molecule has 0 amide bonds. The van der Waals surface area contributed by atoms with Gasteiger partial charge in [0.2, 0.25) is 0 Å². The van der Waals surface area contributed by atoms with Gasteiger partial charge in [0.1, 0.15) is 0 Å². The number of carbonyl (C=O) groups is 1. The van der Waals surface area contributed by atoms with Gasteiger partial charge in [0.05, 0.1) is 11.3 Å². The van der Waals surface area contributed by atoms with E-state index >= 15 is 0 Å². The SMILES string of the molecule is CSCC(=O)C(C)(C)NCCC(C)(C)C. The van der Waals surface area contributed by atoms with Crippen molar-refractivity contribution in [3.05, 3.63) is 0 Å². The number of carbonyl (C=O) groups excluding carboxylic acids is 1. The van der Waals surface area contributed by atoms with E-state index in [0.29, 0.717) is 11.2 Å². The summed E-state index contributed by atoms with van der Waals surface area (Å²) < 4.78 is 0. The van der Waals surface area contributed by atoms with Crippen molar-refractivity contribution in [2.45, 2.75) is 46.6 Å². The van der Waals surface area contributed by atoms with Gasteiger partial charge < -0.3 is 5.32 Å². The third-order valence-corrected chi connectivity index (χ3v) is 2.97. The first-order valence-corrected chi connectivity index (χ1v) is 6.86. The van der Waals surface area contributed by atoms with Crippen LogP contribution in [-0.4, -0.2) is 29.9 Å². The average Bonchev–Trinajstić information content (AvgIpc) is 2.01. The molecule has 0 unspecified atom stereocenters. The summed E-state index contributed by atoms with van der Waals surface area (Å²) in [7, 11) is 0. The molecule has 0 heterocycles. The van der Waals surface area contributed by atoms with E-state index in [1.165, 1.54) is 0 Å². The van der Waals surface area contributed by atoms with E-state index in [1.807, 2.05) is 20.1 Å². The molecule has 0 fully saturated rings. The molecule has 2 nitrogen and oxygen atoms in total. The van der Waals surface area contributed by atoms with Crippen LogP contribution in [0.1, 0.15) is 41.0 Å². The molecule has 0 aliphatic heterocycles. The number of Topliss-reactive ketones (excluding diaryl/α,β-unsaturated/α-hetero) is 1. The number of hydrogen-bond donors (Lipinski definition) is 1. The largest absolute Gasteiger partial charge is 0.305 e. The Morgan fingerprint density at radius 3 is 2.13 bits per heavy atom. The second kappa shape index (κ2) is 5.90. The minimum absolute atomic E-state index is 0.281. The fourth-order valence-corrected chi connectivity index (χ4v) is 1.78. The molecule has 0 atom stereocenters. The van der Waals surface area contributed by atoms with Crippen LogP contribution < -0.4 is 5.32 Å². The minimum Gasteiger partial charge on any atom is -0.305 e. The molecular weight excluding hydrogens is 206 g/mol. The molecule has 0 spiro atoms. The van der Waals surface area contributed by atoms with E-state index in [0.717, 1.165) is 13.0 Å². The monoisotopic (exact) mass is 231 g/mol. The van der Waals surface area contributed by atoms with Crippen LogP contribution in [-0.2, 0) is 4.79 Å². The Labute approximate surface area is 98.6 Å². The van der Waals surface area contributed by atoms with E-state index in [2.05, 4.69) is 26.1 Å². The Bertz CT molecular complexity index is 206. The van der Waals surface area contributed by atoms with Crippen LogP contribution >= 0.6 is 11.8 Å².